The second-order valence-electron chi connectivity index (χ2n) is 5.72. The van der Waals surface area contributed by atoms with Gasteiger partial charge in [-0.15, -0.1) is 0 Å². The summed E-state index contributed by atoms with van der Waals surface area (Å²) in [6.45, 7) is 3.38. The first-order chi connectivity index (χ1) is 12.0. The van der Waals surface area contributed by atoms with Gasteiger partial charge in [0.1, 0.15) is 18.0 Å². The van der Waals surface area contributed by atoms with Gasteiger partial charge in [-0.2, -0.15) is 0 Å². The van der Waals surface area contributed by atoms with Crippen LogP contribution in [0.4, 0.5) is 0 Å². The van der Waals surface area contributed by atoms with E-state index in [0.29, 0.717) is 22.6 Å². The molecule has 0 aromatic heterocycles. The van der Waals surface area contributed by atoms with Crippen LogP contribution in [0.15, 0.2) is 42.5 Å². The third-order valence-corrected chi connectivity index (χ3v) is 3.92. The Bertz CT molecular complexity index is 739. The first-order valence-electron chi connectivity index (χ1n) is 8.08. The minimum Gasteiger partial charge on any atom is -0.508 e. The van der Waals surface area contributed by atoms with Gasteiger partial charge in [0.2, 0.25) is 0 Å². The van der Waals surface area contributed by atoms with Crippen molar-refractivity contribution in [3.05, 3.63) is 59.2 Å². The molecular formula is C20H24O5. The van der Waals surface area contributed by atoms with E-state index < -0.39 is 12.2 Å². The molecule has 0 amide bonds. The van der Waals surface area contributed by atoms with Crippen LogP contribution in [0.3, 0.4) is 0 Å². The molecule has 0 unspecified atom stereocenters. The normalized spacial score (nSPS) is 13.6. The lowest BCUT2D eigenvalue weighted by Crippen LogP contribution is -2.22. The SMILES string of the molecule is C/C=C/c1ccc(O[C@@H](C)[C@@H](O)c2ccc(O)c(CO)c2)c(OC)c1. The number of aromatic hydroxyl groups is 1. The Balaban J connectivity index is 2.19. The standard InChI is InChI=1S/C20H24O5/c1-4-5-14-6-9-18(19(10-14)24-3)25-13(2)20(23)15-7-8-17(22)16(11-15)12-21/h4-11,13,20-23H,12H2,1-3H3/b5-4+/t13-,20+/m0/s1. The van der Waals surface area contributed by atoms with E-state index in [-0.39, 0.29) is 12.4 Å². The van der Waals surface area contributed by atoms with E-state index in [1.54, 1.807) is 32.2 Å². The average Bonchev–Trinajstić information content (AvgIpc) is 2.62. The van der Waals surface area contributed by atoms with Gasteiger partial charge in [0.05, 0.1) is 13.7 Å². The van der Waals surface area contributed by atoms with Crippen molar-refractivity contribution >= 4 is 6.08 Å². The summed E-state index contributed by atoms with van der Waals surface area (Å²) in [4.78, 5) is 0. The van der Waals surface area contributed by atoms with E-state index in [1.807, 2.05) is 31.2 Å². The number of methoxy groups -OCH3 is 1. The lowest BCUT2D eigenvalue weighted by molar-refractivity contribution is 0.0450. The Morgan fingerprint density at radius 2 is 1.88 bits per heavy atom. The first kappa shape index (κ1) is 18.8. The van der Waals surface area contributed by atoms with Gasteiger partial charge in [0.25, 0.3) is 0 Å². The summed E-state index contributed by atoms with van der Waals surface area (Å²) in [5, 5.41) is 29.4. The molecule has 2 atom stereocenters. The lowest BCUT2D eigenvalue weighted by Gasteiger charge is -2.22. The molecule has 5 heteroatoms. The Labute approximate surface area is 147 Å². The van der Waals surface area contributed by atoms with Gasteiger partial charge >= 0.3 is 0 Å². The molecule has 3 N–H and O–H groups in total. The van der Waals surface area contributed by atoms with Crippen LogP contribution in [-0.4, -0.2) is 28.5 Å². The van der Waals surface area contributed by atoms with Crippen LogP contribution in [0.2, 0.25) is 0 Å². The third-order valence-electron chi connectivity index (χ3n) is 3.92. The Morgan fingerprint density at radius 1 is 1.12 bits per heavy atom. The van der Waals surface area contributed by atoms with Gasteiger partial charge < -0.3 is 24.8 Å². The number of hydrogen-bond donors (Lipinski definition) is 3. The lowest BCUT2D eigenvalue weighted by atomic mass is 10.0. The minimum atomic E-state index is -0.925. The molecule has 0 saturated carbocycles. The fourth-order valence-corrected chi connectivity index (χ4v) is 2.53. The second-order valence-corrected chi connectivity index (χ2v) is 5.72. The summed E-state index contributed by atoms with van der Waals surface area (Å²) in [6, 6.07) is 10.2. The maximum absolute atomic E-state index is 10.5. The van der Waals surface area contributed by atoms with Crippen LogP contribution in [0.5, 0.6) is 17.2 Å². The summed E-state index contributed by atoms with van der Waals surface area (Å²) < 4.78 is 11.2. The number of rotatable bonds is 7. The molecular weight excluding hydrogens is 320 g/mol. The highest BCUT2D eigenvalue weighted by Gasteiger charge is 2.20. The zero-order valence-corrected chi connectivity index (χ0v) is 14.6. The summed E-state index contributed by atoms with van der Waals surface area (Å²) in [5.74, 6) is 1.10. The molecule has 0 aliphatic heterocycles. The summed E-state index contributed by atoms with van der Waals surface area (Å²) >= 11 is 0. The number of allylic oxidation sites excluding steroid dienone is 1. The van der Waals surface area contributed by atoms with E-state index >= 15 is 0 Å². The smallest absolute Gasteiger partial charge is 0.161 e. The molecule has 0 fully saturated rings. The fourth-order valence-electron chi connectivity index (χ4n) is 2.53. The quantitative estimate of drug-likeness (QED) is 0.717. The Hall–Kier alpha value is -2.50. The molecule has 0 aliphatic carbocycles. The molecule has 0 spiro atoms. The molecule has 134 valence electrons. The van der Waals surface area contributed by atoms with Gasteiger partial charge in [-0.05, 0) is 49.2 Å². The van der Waals surface area contributed by atoms with Gasteiger partial charge in [-0.1, -0.05) is 24.3 Å². The van der Waals surface area contributed by atoms with Crippen molar-refractivity contribution in [2.24, 2.45) is 0 Å². The van der Waals surface area contributed by atoms with Crippen LogP contribution in [0, 0.1) is 0 Å². The fraction of sp³-hybridized carbons (Fsp3) is 0.300. The van der Waals surface area contributed by atoms with E-state index in [1.165, 1.54) is 6.07 Å². The third kappa shape index (κ3) is 4.53. The van der Waals surface area contributed by atoms with Crippen LogP contribution in [0.1, 0.15) is 36.6 Å². The highest BCUT2D eigenvalue weighted by Crippen LogP contribution is 2.32. The number of hydrogen-bond acceptors (Lipinski definition) is 5. The van der Waals surface area contributed by atoms with Crippen LogP contribution < -0.4 is 9.47 Å². The molecule has 0 radical (unpaired) electrons. The van der Waals surface area contributed by atoms with Gasteiger partial charge in [0.15, 0.2) is 11.5 Å². The number of benzene rings is 2. The van der Waals surface area contributed by atoms with E-state index in [9.17, 15) is 15.3 Å². The predicted molar refractivity (Wildman–Crippen MR) is 96.8 cm³/mol. The van der Waals surface area contributed by atoms with Crippen LogP contribution >= 0.6 is 0 Å². The molecule has 0 saturated heterocycles. The summed E-state index contributed by atoms with van der Waals surface area (Å²) in [6.07, 6.45) is 2.41. The second kappa shape index (κ2) is 8.55. The van der Waals surface area contributed by atoms with Crippen molar-refractivity contribution in [2.75, 3.05) is 7.11 Å². The number of aliphatic hydroxyl groups excluding tert-OH is 2. The highest BCUT2D eigenvalue weighted by molar-refractivity contribution is 5.55. The zero-order valence-electron chi connectivity index (χ0n) is 14.6. The van der Waals surface area contributed by atoms with Gasteiger partial charge in [0, 0.05) is 5.56 Å². The average molecular weight is 344 g/mol. The topological polar surface area (TPSA) is 79.2 Å². The largest absolute Gasteiger partial charge is 0.508 e. The maximum Gasteiger partial charge on any atom is 0.161 e. The highest BCUT2D eigenvalue weighted by atomic mass is 16.5. The van der Waals surface area contributed by atoms with Crippen molar-refractivity contribution in [2.45, 2.75) is 32.7 Å². The summed E-state index contributed by atoms with van der Waals surface area (Å²) in [5.41, 5.74) is 1.90. The van der Waals surface area contributed by atoms with Crippen LogP contribution in [0.25, 0.3) is 6.08 Å². The molecule has 0 bridgehead atoms. The first-order valence-corrected chi connectivity index (χ1v) is 8.08. The molecule has 25 heavy (non-hydrogen) atoms. The van der Waals surface area contributed by atoms with Crippen molar-refractivity contribution in [3.8, 4) is 17.2 Å². The zero-order chi connectivity index (χ0) is 18.4. The molecule has 2 rings (SSSR count). The molecule has 5 nitrogen and oxygen atoms in total. The molecule has 2 aromatic carbocycles. The molecule has 2 aromatic rings. The molecule has 0 aliphatic rings. The van der Waals surface area contributed by atoms with E-state index in [0.717, 1.165) is 5.56 Å². The Morgan fingerprint density at radius 3 is 2.52 bits per heavy atom. The van der Waals surface area contributed by atoms with Crippen molar-refractivity contribution in [3.63, 3.8) is 0 Å². The van der Waals surface area contributed by atoms with Crippen molar-refractivity contribution in [1.82, 2.24) is 0 Å². The van der Waals surface area contributed by atoms with Crippen LogP contribution in [-0.2, 0) is 6.61 Å². The van der Waals surface area contributed by atoms with Crippen molar-refractivity contribution < 1.29 is 24.8 Å². The van der Waals surface area contributed by atoms with Gasteiger partial charge in [-0.25, -0.2) is 0 Å². The number of ether oxygens (including phenoxy) is 2. The Kier molecular flexibility index (Phi) is 6.44. The predicted octanol–water partition coefficient (Wildman–Crippen LogP) is 3.43. The number of aliphatic hydroxyl groups is 2. The monoisotopic (exact) mass is 344 g/mol. The maximum atomic E-state index is 10.5. The minimum absolute atomic E-state index is 0.00624. The van der Waals surface area contributed by atoms with E-state index in [4.69, 9.17) is 9.47 Å². The van der Waals surface area contributed by atoms with Crippen molar-refractivity contribution in [1.29, 1.82) is 0 Å². The summed E-state index contributed by atoms with van der Waals surface area (Å²) in [7, 11) is 1.57. The molecule has 0 heterocycles. The van der Waals surface area contributed by atoms with Gasteiger partial charge in [-0.3, -0.25) is 0 Å². The van der Waals surface area contributed by atoms with E-state index in [2.05, 4.69) is 0 Å². The number of phenols is 1.